The van der Waals surface area contributed by atoms with Crippen molar-refractivity contribution in [2.24, 2.45) is 5.92 Å². The van der Waals surface area contributed by atoms with Gasteiger partial charge in [-0.3, -0.25) is 4.79 Å². The Balaban J connectivity index is 3.34. The van der Waals surface area contributed by atoms with Gasteiger partial charge in [-0.1, -0.05) is 46.5 Å². The predicted molar refractivity (Wildman–Crippen MR) is 68.4 cm³/mol. The fraction of sp³-hybridized carbons (Fsp3) is 0.929. The quantitative estimate of drug-likeness (QED) is 0.434. The van der Waals surface area contributed by atoms with Gasteiger partial charge in [-0.2, -0.15) is 0 Å². The average Bonchev–Trinajstić information content (AvgIpc) is 2.27. The summed E-state index contributed by atoms with van der Waals surface area (Å²) in [6.07, 6.45) is 7.95. The van der Waals surface area contributed by atoms with E-state index >= 15 is 0 Å². The van der Waals surface area contributed by atoms with E-state index in [1.54, 1.807) is 0 Å². The van der Waals surface area contributed by atoms with Crippen molar-refractivity contribution in [3.8, 4) is 0 Å². The standard InChI is InChI=1S/C14H28O2/c1-5-12(3)10-8-7-9-11-13(4)16-14(15)6-2/h12-13H,5-11H2,1-4H3/t12-,13-/m0/s1. The molecule has 0 saturated carbocycles. The Labute approximate surface area is 101 Å². The third-order valence-corrected chi connectivity index (χ3v) is 3.13. The van der Waals surface area contributed by atoms with E-state index in [2.05, 4.69) is 13.8 Å². The van der Waals surface area contributed by atoms with Crippen molar-refractivity contribution in [1.82, 2.24) is 0 Å². The van der Waals surface area contributed by atoms with Gasteiger partial charge in [0.2, 0.25) is 0 Å². The van der Waals surface area contributed by atoms with E-state index in [1.807, 2.05) is 13.8 Å². The van der Waals surface area contributed by atoms with Crippen molar-refractivity contribution in [2.45, 2.75) is 78.7 Å². The summed E-state index contributed by atoms with van der Waals surface area (Å²) >= 11 is 0. The molecule has 2 atom stereocenters. The van der Waals surface area contributed by atoms with E-state index in [4.69, 9.17) is 4.74 Å². The number of hydrogen-bond acceptors (Lipinski definition) is 2. The van der Waals surface area contributed by atoms with Crippen LogP contribution in [0.3, 0.4) is 0 Å². The van der Waals surface area contributed by atoms with Crippen LogP contribution in [0.15, 0.2) is 0 Å². The first-order valence-electron chi connectivity index (χ1n) is 6.79. The number of carbonyl (C=O) groups is 1. The lowest BCUT2D eigenvalue weighted by Crippen LogP contribution is -2.13. The summed E-state index contributed by atoms with van der Waals surface area (Å²) in [5.41, 5.74) is 0. The molecular weight excluding hydrogens is 200 g/mol. The van der Waals surface area contributed by atoms with Gasteiger partial charge in [0.1, 0.15) is 0 Å². The second kappa shape index (κ2) is 9.68. The minimum Gasteiger partial charge on any atom is -0.463 e. The lowest BCUT2D eigenvalue weighted by molar-refractivity contribution is -0.148. The molecule has 0 N–H and O–H groups in total. The summed E-state index contributed by atoms with van der Waals surface area (Å²) in [6, 6.07) is 0. The van der Waals surface area contributed by atoms with Gasteiger partial charge in [0, 0.05) is 6.42 Å². The first-order chi connectivity index (χ1) is 7.60. The number of carbonyl (C=O) groups excluding carboxylic acids is 1. The maximum Gasteiger partial charge on any atom is 0.305 e. The van der Waals surface area contributed by atoms with Crippen molar-refractivity contribution < 1.29 is 9.53 Å². The molecule has 0 aliphatic heterocycles. The van der Waals surface area contributed by atoms with Crippen LogP contribution in [0.5, 0.6) is 0 Å². The SMILES string of the molecule is CCC(=O)O[C@@H](C)CCCCC[C@@H](C)CC. The maximum absolute atomic E-state index is 11.0. The number of unbranched alkanes of at least 4 members (excludes halogenated alkanes) is 2. The van der Waals surface area contributed by atoms with Crippen molar-refractivity contribution in [1.29, 1.82) is 0 Å². The Kier molecular flexibility index (Phi) is 9.36. The number of hydrogen-bond donors (Lipinski definition) is 0. The summed E-state index contributed by atoms with van der Waals surface area (Å²) in [6.45, 7) is 8.38. The minimum absolute atomic E-state index is 0.0768. The highest BCUT2D eigenvalue weighted by molar-refractivity contribution is 5.69. The van der Waals surface area contributed by atoms with Crippen LogP contribution in [0, 0.1) is 5.92 Å². The summed E-state index contributed by atoms with van der Waals surface area (Å²) in [5.74, 6) is 0.780. The second-order valence-corrected chi connectivity index (χ2v) is 4.81. The zero-order valence-electron chi connectivity index (χ0n) is 11.4. The van der Waals surface area contributed by atoms with Crippen LogP contribution in [0.25, 0.3) is 0 Å². The third-order valence-electron chi connectivity index (χ3n) is 3.13. The van der Waals surface area contributed by atoms with E-state index in [1.165, 1.54) is 32.1 Å². The monoisotopic (exact) mass is 228 g/mol. The molecule has 16 heavy (non-hydrogen) atoms. The van der Waals surface area contributed by atoms with Gasteiger partial charge in [0.05, 0.1) is 6.10 Å². The topological polar surface area (TPSA) is 26.3 Å². The zero-order chi connectivity index (χ0) is 12.4. The van der Waals surface area contributed by atoms with Crippen molar-refractivity contribution in [3.05, 3.63) is 0 Å². The predicted octanol–water partition coefficient (Wildman–Crippen LogP) is 4.32. The third kappa shape index (κ3) is 8.75. The zero-order valence-corrected chi connectivity index (χ0v) is 11.4. The first kappa shape index (κ1) is 15.5. The molecule has 2 heteroatoms. The van der Waals surface area contributed by atoms with Crippen molar-refractivity contribution in [2.75, 3.05) is 0 Å². The molecular formula is C14H28O2. The summed E-state index contributed by atoms with van der Waals surface area (Å²) in [5, 5.41) is 0. The second-order valence-electron chi connectivity index (χ2n) is 4.81. The molecule has 0 aromatic rings. The lowest BCUT2D eigenvalue weighted by Gasteiger charge is -2.12. The van der Waals surface area contributed by atoms with Crippen molar-refractivity contribution >= 4 is 5.97 Å². The lowest BCUT2D eigenvalue weighted by atomic mass is 10.00. The van der Waals surface area contributed by atoms with Crippen LogP contribution in [-0.2, 0) is 9.53 Å². The first-order valence-corrected chi connectivity index (χ1v) is 6.79. The van der Waals surface area contributed by atoms with E-state index in [0.29, 0.717) is 6.42 Å². The van der Waals surface area contributed by atoms with E-state index in [0.717, 1.165) is 12.3 Å². The average molecular weight is 228 g/mol. The van der Waals surface area contributed by atoms with Crippen LogP contribution < -0.4 is 0 Å². The van der Waals surface area contributed by atoms with Crippen LogP contribution in [0.1, 0.15) is 72.6 Å². The molecule has 0 aromatic heterocycles. The van der Waals surface area contributed by atoms with Gasteiger partial charge in [-0.25, -0.2) is 0 Å². The Bertz CT molecular complexity index is 178. The fourth-order valence-corrected chi connectivity index (χ4v) is 1.67. The van der Waals surface area contributed by atoms with E-state index in [9.17, 15) is 4.79 Å². The maximum atomic E-state index is 11.0. The van der Waals surface area contributed by atoms with E-state index < -0.39 is 0 Å². The number of rotatable bonds is 9. The van der Waals surface area contributed by atoms with Crippen LogP contribution >= 0.6 is 0 Å². The molecule has 0 saturated heterocycles. The Morgan fingerprint density at radius 1 is 1.06 bits per heavy atom. The molecule has 0 aliphatic carbocycles. The van der Waals surface area contributed by atoms with Crippen molar-refractivity contribution in [3.63, 3.8) is 0 Å². The molecule has 0 aliphatic rings. The van der Waals surface area contributed by atoms with Gasteiger partial charge >= 0.3 is 5.97 Å². The highest BCUT2D eigenvalue weighted by Gasteiger charge is 2.07. The Hall–Kier alpha value is -0.530. The molecule has 2 nitrogen and oxygen atoms in total. The van der Waals surface area contributed by atoms with Gasteiger partial charge in [0.15, 0.2) is 0 Å². The Morgan fingerprint density at radius 3 is 2.25 bits per heavy atom. The molecule has 0 aromatic carbocycles. The minimum atomic E-state index is -0.0768. The molecule has 0 spiro atoms. The molecule has 0 amide bonds. The number of esters is 1. The van der Waals surface area contributed by atoms with E-state index in [-0.39, 0.29) is 12.1 Å². The smallest absolute Gasteiger partial charge is 0.305 e. The number of ether oxygens (including phenoxy) is 1. The van der Waals surface area contributed by atoms with Crippen LogP contribution in [0.2, 0.25) is 0 Å². The Morgan fingerprint density at radius 2 is 1.69 bits per heavy atom. The molecule has 0 radical (unpaired) electrons. The summed E-state index contributed by atoms with van der Waals surface area (Å²) < 4.78 is 5.21. The summed E-state index contributed by atoms with van der Waals surface area (Å²) in [7, 11) is 0. The highest BCUT2D eigenvalue weighted by atomic mass is 16.5. The van der Waals surface area contributed by atoms with Gasteiger partial charge in [-0.05, 0) is 25.7 Å². The normalized spacial score (nSPS) is 14.5. The molecule has 0 bridgehead atoms. The van der Waals surface area contributed by atoms with Crippen LogP contribution in [0.4, 0.5) is 0 Å². The highest BCUT2D eigenvalue weighted by Crippen LogP contribution is 2.14. The molecule has 0 rings (SSSR count). The molecule has 96 valence electrons. The van der Waals surface area contributed by atoms with Gasteiger partial charge in [0.25, 0.3) is 0 Å². The van der Waals surface area contributed by atoms with Gasteiger partial charge < -0.3 is 4.74 Å². The van der Waals surface area contributed by atoms with Gasteiger partial charge in [-0.15, -0.1) is 0 Å². The summed E-state index contributed by atoms with van der Waals surface area (Å²) in [4.78, 5) is 11.0. The molecule has 0 fully saturated rings. The van der Waals surface area contributed by atoms with Crippen LogP contribution in [-0.4, -0.2) is 12.1 Å². The fourth-order valence-electron chi connectivity index (χ4n) is 1.67. The molecule has 0 heterocycles. The molecule has 0 unspecified atom stereocenters. The largest absolute Gasteiger partial charge is 0.463 e.